The number of carboxylic acids is 1. The highest BCUT2D eigenvalue weighted by Crippen LogP contribution is 2.37. The lowest BCUT2D eigenvalue weighted by Gasteiger charge is -2.20. The molecule has 1 atom stereocenters. The summed E-state index contributed by atoms with van der Waals surface area (Å²) in [7, 11) is 1.93. The average Bonchev–Trinajstić information content (AvgIpc) is 3.32. The smallest absolute Gasteiger partial charge is 0.416 e. The van der Waals surface area contributed by atoms with E-state index in [1.54, 1.807) is 6.07 Å². The molecule has 0 amide bonds. The summed E-state index contributed by atoms with van der Waals surface area (Å²) < 4.78 is 42.6. The second-order valence-corrected chi connectivity index (χ2v) is 7.94. The van der Waals surface area contributed by atoms with Crippen LogP contribution < -0.4 is 0 Å². The molecule has 10 heteroatoms. The summed E-state index contributed by atoms with van der Waals surface area (Å²) in [5.41, 5.74) is 2.15. The quantitative estimate of drug-likeness (QED) is 0.583. The van der Waals surface area contributed by atoms with Crippen molar-refractivity contribution in [3.8, 4) is 11.4 Å². The Kier molecular flexibility index (Phi) is 5.19. The number of nitrogens with zero attached hydrogens (tertiary/aromatic N) is 3. The van der Waals surface area contributed by atoms with Gasteiger partial charge < -0.3 is 9.67 Å². The number of hydrogen-bond acceptors (Lipinski definition) is 4. The maximum Gasteiger partial charge on any atom is 0.416 e. The Labute approximate surface area is 173 Å². The monoisotopic (exact) mass is 434 g/mol. The normalized spacial score (nSPS) is 15.9. The minimum Gasteiger partial charge on any atom is -0.481 e. The molecule has 2 aromatic heterocycles. The number of alkyl halides is 3. The van der Waals surface area contributed by atoms with E-state index in [1.165, 1.54) is 6.07 Å². The number of hydrogen-bond donors (Lipinski definition) is 2. The first-order valence-corrected chi connectivity index (χ1v) is 10.0. The number of carbonyl (C=O) groups is 1. The van der Waals surface area contributed by atoms with E-state index in [0.717, 1.165) is 29.1 Å². The molecule has 156 valence electrons. The molecule has 0 saturated heterocycles. The number of allylic oxidation sites excluding steroid dienone is 1. The molecule has 1 aromatic carbocycles. The standard InChI is InChI=1S/C20H17F3N4O2S/c1-27-5-4-12-6-11(2-3-16(12)27)13-7-14(9-15(8-13)20(21,22)23)18-24-19(26-25-18)30-10-17(28)29/h2-5,7-9,11H,6,10H2,1H3,(H,28,29)(H,24,25,26). The van der Waals surface area contributed by atoms with Crippen molar-refractivity contribution in [1.29, 1.82) is 0 Å². The highest BCUT2D eigenvalue weighted by atomic mass is 32.2. The van der Waals surface area contributed by atoms with E-state index >= 15 is 0 Å². The number of benzene rings is 1. The molecule has 0 bridgehead atoms. The SMILES string of the molecule is Cn1ccc2c1C=CC(c1cc(-c3nc(SCC(=O)O)n[nH]3)cc(C(F)(F)F)c1)C2. The molecule has 0 fully saturated rings. The first kappa shape index (κ1) is 20.3. The van der Waals surface area contributed by atoms with Crippen LogP contribution in [0.1, 0.15) is 28.3 Å². The van der Waals surface area contributed by atoms with Gasteiger partial charge in [0.25, 0.3) is 0 Å². The van der Waals surface area contributed by atoms with Gasteiger partial charge in [-0.2, -0.15) is 13.2 Å². The van der Waals surface area contributed by atoms with Crippen LogP contribution in [-0.4, -0.2) is 36.6 Å². The summed E-state index contributed by atoms with van der Waals surface area (Å²) in [6, 6.07) is 5.84. The van der Waals surface area contributed by atoms with E-state index in [9.17, 15) is 18.0 Å². The van der Waals surface area contributed by atoms with Gasteiger partial charge >= 0.3 is 12.1 Å². The summed E-state index contributed by atoms with van der Waals surface area (Å²) in [5.74, 6) is -1.31. The van der Waals surface area contributed by atoms with Crippen LogP contribution in [0.5, 0.6) is 0 Å². The number of thioether (sulfide) groups is 1. The van der Waals surface area contributed by atoms with Gasteiger partial charge in [-0.1, -0.05) is 17.8 Å². The van der Waals surface area contributed by atoms with Crippen LogP contribution in [0.15, 0.2) is 41.7 Å². The predicted molar refractivity (Wildman–Crippen MR) is 106 cm³/mol. The molecule has 2 heterocycles. The van der Waals surface area contributed by atoms with Crippen LogP contribution in [0.3, 0.4) is 0 Å². The first-order valence-electron chi connectivity index (χ1n) is 9.02. The summed E-state index contributed by atoms with van der Waals surface area (Å²) in [6.45, 7) is 0. The van der Waals surface area contributed by atoms with Crippen LogP contribution in [0.2, 0.25) is 0 Å². The maximum atomic E-state index is 13.6. The zero-order valence-electron chi connectivity index (χ0n) is 15.8. The highest BCUT2D eigenvalue weighted by molar-refractivity contribution is 7.99. The third-order valence-electron chi connectivity index (χ3n) is 4.91. The van der Waals surface area contributed by atoms with Gasteiger partial charge in [0, 0.05) is 30.4 Å². The fourth-order valence-electron chi connectivity index (χ4n) is 3.46. The Morgan fingerprint density at radius 1 is 1.37 bits per heavy atom. The molecule has 0 saturated carbocycles. The number of halogens is 3. The lowest BCUT2D eigenvalue weighted by molar-refractivity contribution is -0.137. The third-order valence-corrected chi connectivity index (χ3v) is 5.74. The summed E-state index contributed by atoms with van der Waals surface area (Å²) in [6.07, 6.45) is 1.86. The van der Waals surface area contributed by atoms with Crippen molar-refractivity contribution < 1.29 is 23.1 Å². The zero-order chi connectivity index (χ0) is 21.5. The molecule has 1 aliphatic rings. The van der Waals surface area contributed by atoms with Gasteiger partial charge in [-0.05, 0) is 47.9 Å². The number of carboxylic acid groups (broad SMARTS) is 1. The Balaban J connectivity index is 1.70. The Bertz CT molecular complexity index is 1130. The van der Waals surface area contributed by atoms with Gasteiger partial charge in [-0.15, -0.1) is 5.10 Å². The maximum absolute atomic E-state index is 13.6. The molecule has 1 aliphatic carbocycles. The summed E-state index contributed by atoms with van der Waals surface area (Å²) in [5, 5.41) is 15.4. The van der Waals surface area contributed by atoms with Crippen molar-refractivity contribution in [3.05, 3.63) is 58.9 Å². The van der Waals surface area contributed by atoms with E-state index in [0.29, 0.717) is 12.0 Å². The number of aromatic amines is 1. The minimum atomic E-state index is -4.51. The first-order chi connectivity index (χ1) is 14.2. The van der Waals surface area contributed by atoms with Gasteiger partial charge in [0.2, 0.25) is 5.16 Å². The predicted octanol–water partition coefficient (Wildman–Crippen LogP) is 4.36. The van der Waals surface area contributed by atoms with Gasteiger partial charge in [0.15, 0.2) is 5.82 Å². The number of aromatic nitrogens is 4. The Hall–Kier alpha value is -3.01. The van der Waals surface area contributed by atoms with Gasteiger partial charge in [0.1, 0.15) is 0 Å². The van der Waals surface area contributed by atoms with E-state index < -0.39 is 17.7 Å². The number of fused-ring (bicyclic) bond motifs is 1. The van der Waals surface area contributed by atoms with Crippen molar-refractivity contribution in [2.75, 3.05) is 5.75 Å². The number of rotatable bonds is 5. The van der Waals surface area contributed by atoms with E-state index in [1.807, 2.05) is 36.0 Å². The second-order valence-electron chi connectivity index (χ2n) is 7.00. The lowest BCUT2D eigenvalue weighted by atomic mass is 9.86. The summed E-state index contributed by atoms with van der Waals surface area (Å²) >= 11 is 0.892. The minimum absolute atomic E-state index is 0.162. The number of aryl methyl sites for hydroxylation is 1. The highest BCUT2D eigenvalue weighted by Gasteiger charge is 2.32. The molecule has 6 nitrogen and oxygen atoms in total. The van der Waals surface area contributed by atoms with Crippen molar-refractivity contribution in [2.45, 2.75) is 23.7 Å². The van der Waals surface area contributed by atoms with Gasteiger partial charge in [0.05, 0.1) is 11.3 Å². The number of nitrogens with one attached hydrogen (secondary N) is 1. The van der Waals surface area contributed by atoms with Crippen molar-refractivity contribution >= 4 is 23.8 Å². The van der Waals surface area contributed by atoms with Gasteiger partial charge in [-0.25, -0.2) is 4.98 Å². The topological polar surface area (TPSA) is 83.8 Å². The molecule has 30 heavy (non-hydrogen) atoms. The second kappa shape index (κ2) is 7.67. The summed E-state index contributed by atoms with van der Waals surface area (Å²) in [4.78, 5) is 14.8. The number of aliphatic carboxylic acids is 1. The largest absolute Gasteiger partial charge is 0.481 e. The zero-order valence-corrected chi connectivity index (χ0v) is 16.6. The third kappa shape index (κ3) is 4.13. The van der Waals surface area contributed by atoms with E-state index in [-0.39, 0.29) is 28.2 Å². The van der Waals surface area contributed by atoms with Crippen LogP contribution in [0, 0.1) is 0 Å². The van der Waals surface area contributed by atoms with Crippen LogP contribution in [-0.2, 0) is 24.4 Å². The van der Waals surface area contributed by atoms with Crippen LogP contribution in [0.25, 0.3) is 17.5 Å². The molecule has 1 unspecified atom stereocenters. The van der Waals surface area contributed by atoms with E-state index in [2.05, 4.69) is 15.2 Å². The van der Waals surface area contributed by atoms with Crippen LogP contribution in [0.4, 0.5) is 13.2 Å². The fourth-order valence-corrected chi connectivity index (χ4v) is 3.98. The van der Waals surface area contributed by atoms with Crippen molar-refractivity contribution in [1.82, 2.24) is 19.7 Å². The molecule has 2 N–H and O–H groups in total. The van der Waals surface area contributed by atoms with Crippen LogP contribution >= 0.6 is 11.8 Å². The molecule has 0 aliphatic heterocycles. The van der Waals surface area contributed by atoms with E-state index in [4.69, 9.17) is 5.11 Å². The Morgan fingerprint density at radius 3 is 2.90 bits per heavy atom. The van der Waals surface area contributed by atoms with Gasteiger partial charge in [-0.3, -0.25) is 9.89 Å². The van der Waals surface area contributed by atoms with Crippen molar-refractivity contribution in [2.24, 2.45) is 7.05 Å². The molecule has 0 spiro atoms. The molecular weight excluding hydrogens is 417 g/mol. The lowest BCUT2D eigenvalue weighted by Crippen LogP contribution is -2.10. The molecule has 3 aromatic rings. The van der Waals surface area contributed by atoms with Crippen molar-refractivity contribution in [3.63, 3.8) is 0 Å². The molecular formula is C20H17F3N4O2S. The molecule has 0 radical (unpaired) electrons. The number of H-pyrrole nitrogens is 1. The molecule has 4 rings (SSSR count). The average molecular weight is 434 g/mol. The Morgan fingerprint density at radius 2 is 2.17 bits per heavy atom. The fraction of sp³-hybridized carbons (Fsp3) is 0.250.